The molecule has 1 unspecified atom stereocenters. The second kappa shape index (κ2) is 11.6. The number of rotatable bonds is 8. The zero-order valence-electron chi connectivity index (χ0n) is 24.1. The Hall–Kier alpha value is -5.31. The second-order valence-corrected chi connectivity index (χ2v) is 12.6. The number of carboxylic acid groups (broad SMARTS) is 1. The lowest BCUT2D eigenvalue weighted by molar-refractivity contribution is -0.139. The first-order valence-corrected chi connectivity index (χ1v) is 15.7. The number of amides is 1. The number of aliphatic carboxylic acids is 1. The van der Waals surface area contributed by atoms with Crippen molar-refractivity contribution in [2.45, 2.75) is 30.8 Å². The van der Waals surface area contributed by atoms with Gasteiger partial charge < -0.3 is 15.2 Å². The molecule has 0 aromatic heterocycles. The summed E-state index contributed by atoms with van der Waals surface area (Å²) in [7, 11) is -4.00. The van der Waals surface area contributed by atoms with Gasteiger partial charge in [-0.1, -0.05) is 54.6 Å². The van der Waals surface area contributed by atoms with Crippen LogP contribution in [0.3, 0.4) is 0 Å². The van der Waals surface area contributed by atoms with Gasteiger partial charge in [0.15, 0.2) is 11.8 Å². The van der Waals surface area contributed by atoms with Crippen LogP contribution in [0.15, 0.2) is 83.8 Å². The molecule has 0 bridgehead atoms. The van der Waals surface area contributed by atoms with E-state index in [0.717, 1.165) is 5.56 Å². The molecular weight excluding hydrogens is 594 g/mol. The highest BCUT2D eigenvalue weighted by atomic mass is 32.2. The Kier molecular flexibility index (Phi) is 7.70. The molecule has 10 nitrogen and oxygen atoms in total. The maximum atomic E-state index is 13.6. The van der Waals surface area contributed by atoms with Crippen LogP contribution in [0.1, 0.15) is 61.5 Å². The van der Waals surface area contributed by atoms with Gasteiger partial charge in [-0.25, -0.2) is 13.2 Å². The summed E-state index contributed by atoms with van der Waals surface area (Å²) in [6, 6.07) is 21.4. The molecule has 0 saturated carbocycles. The smallest absolute Gasteiger partial charge is 0.330 e. The number of sulfonamides is 1. The van der Waals surface area contributed by atoms with Crippen molar-refractivity contribution in [1.82, 2.24) is 9.62 Å². The first-order chi connectivity index (χ1) is 21.6. The molecule has 0 saturated heterocycles. The highest BCUT2D eigenvalue weighted by molar-refractivity contribution is 7.89. The molecule has 45 heavy (non-hydrogen) atoms. The van der Waals surface area contributed by atoms with E-state index in [1.807, 2.05) is 6.07 Å². The minimum atomic E-state index is -4.00. The Bertz CT molecular complexity index is 2050. The zero-order chi connectivity index (χ0) is 31.9. The van der Waals surface area contributed by atoms with Crippen molar-refractivity contribution >= 4 is 27.7 Å². The van der Waals surface area contributed by atoms with E-state index in [-0.39, 0.29) is 40.5 Å². The number of fused-ring (bicyclic) bond motifs is 4. The predicted octanol–water partition coefficient (Wildman–Crippen LogP) is 4.47. The number of nitriles is 1. The van der Waals surface area contributed by atoms with Crippen molar-refractivity contribution in [1.29, 1.82) is 5.26 Å². The number of nitrogens with zero attached hydrogens (tertiary/aromatic N) is 2. The van der Waals surface area contributed by atoms with Gasteiger partial charge in [-0.2, -0.15) is 9.57 Å². The Balaban J connectivity index is 1.27. The van der Waals surface area contributed by atoms with Gasteiger partial charge in [0.1, 0.15) is 11.8 Å². The largest absolute Gasteiger partial charge is 0.492 e. The number of carbonyl (C=O) groups excluding carboxylic acids is 2. The first kappa shape index (κ1) is 29.7. The maximum Gasteiger partial charge on any atom is 0.330 e. The molecule has 0 radical (unpaired) electrons. The molecule has 226 valence electrons. The Morgan fingerprint density at radius 2 is 1.76 bits per heavy atom. The van der Waals surface area contributed by atoms with E-state index >= 15 is 0 Å². The summed E-state index contributed by atoms with van der Waals surface area (Å²) in [5, 5.41) is 22.3. The van der Waals surface area contributed by atoms with E-state index in [1.165, 1.54) is 22.5 Å². The van der Waals surface area contributed by atoms with Gasteiger partial charge in [0.05, 0.1) is 17.1 Å². The third-order valence-electron chi connectivity index (χ3n) is 8.07. The van der Waals surface area contributed by atoms with Gasteiger partial charge in [0.25, 0.3) is 5.91 Å². The van der Waals surface area contributed by atoms with Crippen LogP contribution in [0.4, 0.5) is 0 Å². The molecule has 4 aromatic rings. The van der Waals surface area contributed by atoms with Gasteiger partial charge in [0.2, 0.25) is 10.0 Å². The van der Waals surface area contributed by atoms with Gasteiger partial charge in [-0.05, 0) is 59.9 Å². The number of carbonyl (C=O) groups is 3. The summed E-state index contributed by atoms with van der Waals surface area (Å²) in [5.74, 6) is -1.86. The van der Waals surface area contributed by atoms with Crippen molar-refractivity contribution in [2.24, 2.45) is 0 Å². The molecule has 4 aromatic carbocycles. The zero-order valence-corrected chi connectivity index (χ0v) is 24.9. The number of hydrogen-bond acceptors (Lipinski definition) is 7. The Morgan fingerprint density at radius 3 is 2.49 bits per heavy atom. The quantitative estimate of drug-likeness (QED) is 0.257. The minimum Gasteiger partial charge on any atom is -0.492 e. The molecule has 1 atom stereocenters. The van der Waals surface area contributed by atoms with Crippen LogP contribution in [0.25, 0.3) is 11.1 Å². The average Bonchev–Trinajstić information content (AvgIpc) is 3.34. The predicted molar refractivity (Wildman–Crippen MR) is 163 cm³/mol. The highest BCUT2D eigenvalue weighted by Gasteiger charge is 2.33. The van der Waals surface area contributed by atoms with Crippen molar-refractivity contribution < 1.29 is 32.6 Å². The summed E-state index contributed by atoms with van der Waals surface area (Å²) in [6.45, 7) is 2.26. The van der Waals surface area contributed by atoms with Crippen LogP contribution in [0.5, 0.6) is 5.75 Å². The fourth-order valence-electron chi connectivity index (χ4n) is 5.88. The summed E-state index contributed by atoms with van der Waals surface area (Å²) in [5.41, 5.74) is 3.95. The average molecular weight is 622 g/mol. The molecule has 1 amide bonds. The molecule has 1 aliphatic heterocycles. The van der Waals surface area contributed by atoms with E-state index in [0.29, 0.717) is 46.6 Å². The monoisotopic (exact) mass is 621 g/mol. The molecule has 2 N–H and O–H groups in total. The SMILES string of the molecule is CCOc1ccc(S(=O)(=O)N2CCc3ccc(C(NC(=O)c4cccc5c4-c4ccccc4C5=O)C(=O)O)cc3C2)cc1C#N. The van der Waals surface area contributed by atoms with Crippen molar-refractivity contribution in [2.75, 3.05) is 13.2 Å². The number of benzene rings is 4. The van der Waals surface area contributed by atoms with E-state index in [2.05, 4.69) is 5.32 Å². The Labute approximate surface area is 259 Å². The van der Waals surface area contributed by atoms with Crippen LogP contribution in [0.2, 0.25) is 0 Å². The fourth-order valence-corrected chi connectivity index (χ4v) is 7.33. The number of ether oxygens (including phenoxy) is 1. The molecule has 0 fully saturated rings. The van der Waals surface area contributed by atoms with E-state index in [4.69, 9.17) is 4.74 Å². The van der Waals surface area contributed by atoms with E-state index in [9.17, 15) is 33.2 Å². The number of nitrogens with one attached hydrogen (secondary N) is 1. The summed E-state index contributed by atoms with van der Waals surface area (Å²) in [4.78, 5) is 38.9. The normalized spacial score (nSPS) is 14.4. The van der Waals surface area contributed by atoms with Gasteiger partial charge in [-0.15, -0.1) is 0 Å². The van der Waals surface area contributed by atoms with Crippen LogP contribution >= 0.6 is 0 Å². The number of hydrogen-bond donors (Lipinski definition) is 2. The minimum absolute atomic E-state index is 0.0218. The Morgan fingerprint density at radius 1 is 1.00 bits per heavy atom. The molecule has 6 rings (SSSR count). The summed E-state index contributed by atoms with van der Waals surface area (Å²) in [6.07, 6.45) is 0.394. The standard InChI is InChI=1S/C34H27N3O7S/c1-2-44-29-13-12-24(17-22(29)18-35)45(42,43)37-15-14-20-10-11-21(16-23(20)19-37)31(34(40)41)36-33(39)28-9-5-8-27-30(28)25-6-3-4-7-26(25)32(27)38/h3-13,16-17,31H,2,14-15,19H2,1H3,(H,36,39)(H,40,41). The lowest BCUT2D eigenvalue weighted by Gasteiger charge is -2.29. The van der Waals surface area contributed by atoms with Crippen LogP contribution in [0, 0.1) is 11.3 Å². The third-order valence-corrected chi connectivity index (χ3v) is 9.91. The van der Waals surface area contributed by atoms with Crippen LogP contribution in [-0.4, -0.2) is 48.6 Å². The second-order valence-electron chi connectivity index (χ2n) is 10.7. The van der Waals surface area contributed by atoms with Gasteiger partial charge in [-0.3, -0.25) is 9.59 Å². The maximum absolute atomic E-state index is 13.6. The van der Waals surface area contributed by atoms with Crippen molar-refractivity contribution in [3.8, 4) is 22.9 Å². The van der Waals surface area contributed by atoms with Gasteiger partial charge in [0, 0.05) is 35.3 Å². The van der Waals surface area contributed by atoms with Crippen LogP contribution < -0.4 is 10.1 Å². The van der Waals surface area contributed by atoms with Gasteiger partial charge >= 0.3 is 5.97 Å². The summed E-state index contributed by atoms with van der Waals surface area (Å²) >= 11 is 0. The number of ketones is 1. The molecule has 2 aliphatic rings. The first-order valence-electron chi connectivity index (χ1n) is 14.2. The van der Waals surface area contributed by atoms with Crippen LogP contribution in [-0.2, 0) is 27.8 Å². The van der Waals surface area contributed by atoms with E-state index in [1.54, 1.807) is 67.6 Å². The lowest BCUT2D eigenvalue weighted by atomic mass is 9.95. The fraction of sp³-hybridized carbons (Fsp3) is 0.176. The number of carboxylic acids is 1. The van der Waals surface area contributed by atoms with E-state index < -0.39 is 27.9 Å². The molecule has 0 spiro atoms. The summed E-state index contributed by atoms with van der Waals surface area (Å²) < 4.78 is 33.8. The highest BCUT2D eigenvalue weighted by Crippen LogP contribution is 2.39. The van der Waals surface area contributed by atoms with Crippen molar-refractivity contribution in [3.05, 3.63) is 118 Å². The topological polar surface area (TPSA) is 154 Å². The molecule has 11 heteroatoms. The molecule has 1 heterocycles. The lowest BCUT2D eigenvalue weighted by Crippen LogP contribution is -2.37. The third kappa shape index (κ3) is 5.24. The molecule has 1 aliphatic carbocycles. The molecular formula is C34H27N3O7S. The van der Waals surface area contributed by atoms with Crippen molar-refractivity contribution in [3.63, 3.8) is 0 Å².